The van der Waals surface area contributed by atoms with Gasteiger partial charge in [-0.15, -0.1) is 0 Å². The standard InChI is InChI=1S/C22H21ClN2O3/c1-15-11-12-16(2)25(15)24(22(27)19-9-4-5-10-20(19)23)14-21(26)17-7-6-8-18(13-17)28-3/h4-13H,14H2,1-3H3. The summed E-state index contributed by atoms with van der Waals surface area (Å²) >= 11 is 6.24. The Kier molecular flexibility index (Phi) is 5.85. The summed E-state index contributed by atoms with van der Waals surface area (Å²) in [5, 5.41) is 1.77. The molecular weight excluding hydrogens is 376 g/mol. The van der Waals surface area contributed by atoms with E-state index in [-0.39, 0.29) is 18.2 Å². The van der Waals surface area contributed by atoms with Crippen molar-refractivity contribution >= 4 is 23.3 Å². The number of rotatable bonds is 6. The fraction of sp³-hybridized carbons (Fsp3) is 0.182. The number of halogens is 1. The Balaban J connectivity index is 2.01. The van der Waals surface area contributed by atoms with E-state index < -0.39 is 0 Å². The molecule has 0 saturated carbocycles. The van der Waals surface area contributed by atoms with Gasteiger partial charge in [0, 0.05) is 17.0 Å². The van der Waals surface area contributed by atoms with Gasteiger partial charge in [0.2, 0.25) is 0 Å². The Morgan fingerprint density at radius 3 is 2.32 bits per heavy atom. The number of methoxy groups -OCH3 is 1. The van der Waals surface area contributed by atoms with Crippen molar-refractivity contribution in [2.24, 2.45) is 0 Å². The van der Waals surface area contributed by atoms with Crippen LogP contribution in [0.5, 0.6) is 5.75 Å². The molecule has 3 rings (SSSR count). The second-order valence-electron chi connectivity index (χ2n) is 6.43. The Bertz CT molecular complexity index is 1010. The third-order valence-electron chi connectivity index (χ3n) is 4.50. The molecule has 0 bridgehead atoms. The maximum atomic E-state index is 13.3. The predicted octanol–water partition coefficient (Wildman–Crippen LogP) is 4.43. The first-order chi connectivity index (χ1) is 13.4. The number of nitrogens with zero attached hydrogens (tertiary/aromatic N) is 2. The zero-order valence-electron chi connectivity index (χ0n) is 16.0. The van der Waals surface area contributed by atoms with E-state index in [1.807, 2.05) is 26.0 Å². The van der Waals surface area contributed by atoms with Gasteiger partial charge in [0.15, 0.2) is 5.78 Å². The topological polar surface area (TPSA) is 51.5 Å². The van der Waals surface area contributed by atoms with Crippen LogP contribution in [-0.4, -0.2) is 30.0 Å². The molecule has 0 saturated heterocycles. The van der Waals surface area contributed by atoms with E-state index in [0.717, 1.165) is 11.4 Å². The molecule has 5 nitrogen and oxygen atoms in total. The summed E-state index contributed by atoms with van der Waals surface area (Å²) in [6.45, 7) is 3.64. The van der Waals surface area contributed by atoms with Gasteiger partial charge in [-0.1, -0.05) is 35.9 Å². The molecule has 1 heterocycles. The Morgan fingerprint density at radius 2 is 1.68 bits per heavy atom. The Morgan fingerprint density at radius 1 is 1.00 bits per heavy atom. The lowest BCUT2D eigenvalue weighted by atomic mass is 10.1. The van der Waals surface area contributed by atoms with Crippen LogP contribution in [0.1, 0.15) is 32.1 Å². The van der Waals surface area contributed by atoms with Gasteiger partial charge in [0.1, 0.15) is 12.3 Å². The highest BCUT2D eigenvalue weighted by Crippen LogP contribution is 2.20. The number of ether oxygens (including phenoxy) is 1. The van der Waals surface area contributed by atoms with E-state index in [0.29, 0.717) is 21.9 Å². The number of amides is 1. The molecule has 0 spiro atoms. The van der Waals surface area contributed by atoms with Gasteiger partial charge in [-0.05, 0) is 50.2 Å². The number of Topliss-reactive ketones (excluding diaryl/α,β-unsaturated/α-hetero) is 1. The number of aryl methyl sites for hydroxylation is 2. The largest absolute Gasteiger partial charge is 0.497 e. The molecule has 0 aliphatic carbocycles. The molecular formula is C22H21ClN2O3. The molecule has 1 amide bonds. The van der Waals surface area contributed by atoms with Crippen molar-refractivity contribution in [3.8, 4) is 5.75 Å². The van der Waals surface area contributed by atoms with E-state index in [1.54, 1.807) is 60.3 Å². The highest BCUT2D eigenvalue weighted by molar-refractivity contribution is 6.34. The normalized spacial score (nSPS) is 10.6. The van der Waals surface area contributed by atoms with Crippen molar-refractivity contribution in [2.45, 2.75) is 13.8 Å². The summed E-state index contributed by atoms with van der Waals surface area (Å²) in [6.07, 6.45) is 0. The van der Waals surface area contributed by atoms with Crippen molar-refractivity contribution in [1.82, 2.24) is 4.68 Å². The zero-order chi connectivity index (χ0) is 20.3. The molecule has 0 atom stereocenters. The molecule has 144 valence electrons. The van der Waals surface area contributed by atoms with Crippen LogP contribution in [-0.2, 0) is 0 Å². The van der Waals surface area contributed by atoms with Gasteiger partial charge < -0.3 is 4.74 Å². The summed E-state index contributed by atoms with van der Waals surface area (Å²) in [4.78, 5) is 26.3. The predicted molar refractivity (Wildman–Crippen MR) is 110 cm³/mol. The maximum absolute atomic E-state index is 13.3. The van der Waals surface area contributed by atoms with Gasteiger partial charge in [-0.2, -0.15) is 0 Å². The second-order valence-corrected chi connectivity index (χ2v) is 6.83. The molecule has 6 heteroatoms. The molecule has 1 aromatic heterocycles. The number of hydrogen-bond donors (Lipinski definition) is 0. The van der Waals surface area contributed by atoms with Crippen molar-refractivity contribution in [1.29, 1.82) is 0 Å². The van der Waals surface area contributed by atoms with E-state index in [9.17, 15) is 9.59 Å². The van der Waals surface area contributed by atoms with Gasteiger partial charge in [0.05, 0.1) is 17.7 Å². The van der Waals surface area contributed by atoms with E-state index >= 15 is 0 Å². The maximum Gasteiger partial charge on any atom is 0.274 e. The van der Waals surface area contributed by atoms with Crippen LogP contribution in [0, 0.1) is 13.8 Å². The van der Waals surface area contributed by atoms with E-state index in [2.05, 4.69) is 0 Å². The molecule has 2 aromatic carbocycles. The fourth-order valence-electron chi connectivity index (χ4n) is 3.07. The fourth-order valence-corrected chi connectivity index (χ4v) is 3.29. The molecule has 28 heavy (non-hydrogen) atoms. The van der Waals surface area contributed by atoms with Crippen LogP contribution in [0.4, 0.5) is 0 Å². The van der Waals surface area contributed by atoms with Gasteiger partial charge in [-0.3, -0.25) is 14.3 Å². The number of carbonyl (C=O) groups is 2. The molecule has 0 aliphatic heterocycles. The van der Waals surface area contributed by atoms with Crippen LogP contribution in [0.3, 0.4) is 0 Å². The zero-order valence-corrected chi connectivity index (χ0v) is 16.7. The SMILES string of the molecule is COc1cccc(C(=O)CN(C(=O)c2ccccc2Cl)n2c(C)ccc2C)c1. The van der Waals surface area contributed by atoms with Crippen LogP contribution in [0.2, 0.25) is 5.02 Å². The van der Waals surface area contributed by atoms with Crippen LogP contribution in [0.25, 0.3) is 0 Å². The number of carbonyl (C=O) groups excluding carboxylic acids is 2. The van der Waals surface area contributed by atoms with E-state index in [4.69, 9.17) is 16.3 Å². The number of benzene rings is 2. The summed E-state index contributed by atoms with van der Waals surface area (Å²) in [7, 11) is 1.55. The Labute approximate surface area is 169 Å². The quantitative estimate of drug-likeness (QED) is 0.579. The second kappa shape index (κ2) is 8.31. The Hall–Kier alpha value is -3.05. The number of aromatic nitrogens is 1. The number of hydrogen-bond acceptors (Lipinski definition) is 3. The van der Waals surface area contributed by atoms with Crippen LogP contribution < -0.4 is 9.75 Å². The number of ketones is 1. The van der Waals surface area contributed by atoms with Crippen molar-refractivity contribution in [2.75, 3.05) is 18.7 Å². The minimum atomic E-state index is -0.343. The molecule has 0 unspecified atom stereocenters. The smallest absolute Gasteiger partial charge is 0.274 e. The average Bonchev–Trinajstić information content (AvgIpc) is 3.04. The van der Waals surface area contributed by atoms with Crippen LogP contribution in [0.15, 0.2) is 60.7 Å². The third-order valence-corrected chi connectivity index (χ3v) is 4.83. The van der Waals surface area contributed by atoms with Gasteiger partial charge >= 0.3 is 0 Å². The minimum absolute atomic E-state index is 0.131. The first-order valence-corrected chi connectivity index (χ1v) is 9.19. The highest BCUT2D eigenvalue weighted by atomic mass is 35.5. The molecule has 0 fully saturated rings. The summed E-state index contributed by atoms with van der Waals surface area (Å²) in [6, 6.07) is 17.5. The lowest BCUT2D eigenvalue weighted by molar-refractivity contribution is 0.0908. The molecule has 0 N–H and O–H groups in total. The lowest BCUT2D eigenvalue weighted by Crippen LogP contribution is -2.45. The van der Waals surface area contributed by atoms with E-state index in [1.165, 1.54) is 5.01 Å². The third kappa shape index (κ3) is 3.94. The summed E-state index contributed by atoms with van der Waals surface area (Å²) in [5.41, 5.74) is 2.50. The summed E-state index contributed by atoms with van der Waals surface area (Å²) in [5.74, 6) is 0.0409. The van der Waals surface area contributed by atoms with Crippen molar-refractivity contribution < 1.29 is 14.3 Å². The monoisotopic (exact) mass is 396 g/mol. The van der Waals surface area contributed by atoms with Gasteiger partial charge in [0.25, 0.3) is 5.91 Å². The average molecular weight is 397 g/mol. The lowest BCUT2D eigenvalue weighted by Gasteiger charge is -2.27. The van der Waals surface area contributed by atoms with Crippen molar-refractivity contribution in [3.05, 3.63) is 88.2 Å². The molecule has 3 aromatic rings. The van der Waals surface area contributed by atoms with Gasteiger partial charge in [-0.25, -0.2) is 5.01 Å². The molecule has 0 radical (unpaired) electrons. The first-order valence-electron chi connectivity index (χ1n) is 8.81. The first kappa shape index (κ1) is 19.7. The van der Waals surface area contributed by atoms with Crippen LogP contribution >= 0.6 is 11.6 Å². The summed E-state index contributed by atoms with van der Waals surface area (Å²) < 4.78 is 6.94. The van der Waals surface area contributed by atoms with Crippen molar-refractivity contribution in [3.63, 3.8) is 0 Å². The molecule has 0 aliphatic rings. The minimum Gasteiger partial charge on any atom is -0.497 e. The highest BCUT2D eigenvalue weighted by Gasteiger charge is 2.25.